The van der Waals surface area contributed by atoms with Crippen LogP contribution in [0.5, 0.6) is 0 Å². The van der Waals surface area contributed by atoms with Crippen molar-refractivity contribution in [3.05, 3.63) is 99.6 Å². The number of nitro benzene ring substituents is 1. The lowest BCUT2D eigenvalue weighted by Crippen LogP contribution is -2.21. The van der Waals surface area contributed by atoms with Gasteiger partial charge in [-0.05, 0) is 42.3 Å². The summed E-state index contributed by atoms with van der Waals surface area (Å²) >= 11 is 0. The molecule has 0 aliphatic rings. The van der Waals surface area contributed by atoms with Crippen LogP contribution >= 0.6 is 0 Å². The summed E-state index contributed by atoms with van der Waals surface area (Å²) in [6, 6.07) is 24.3. The zero-order valence-electron chi connectivity index (χ0n) is 16.0. The van der Waals surface area contributed by atoms with E-state index in [2.05, 4.69) is 28.9 Å². The fraction of sp³-hybridized carbons (Fsp3) is 0.130. The molecule has 0 heterocycles. The minimum atomic E-state index is -0.528. The second-order valence-electron chi connectivity index (χ2n) is 6.42. The molecule has 0 aliphatic heterocycles. The van der Waals surface area contributed by atoms with Gasteiger partial charge in [-0.2, -0.15) is 5.26 Å². The molecule has 144 valence electrons. The van der Waals surface area contributed by atoms with E-state index < -0.39 is 4.92 Å². The summed E-state index contributed by atoms with van der Waals surface area (Å²) in [5.41, 5.74) is 3.45. The summed E-state index contributed by atoms with van der Waals surface area (Å²) in [6.07, 6.45) is 1.59. The molecule has 0 fully saturated rings. The second kappa shape index (κ2) is 9.29. The Kier molecular flexibility index (Phi) is 6.33. The summed E-state index contributed by atoms with van der Waals surface area (Å²) in [4.78, 5) is 17.2. The lowest BCUT2D eigenvalue weighted by Gasteiger charge is -2.23. The molecule has 0 radical (unpaired) electrons. The molecule has 29 heavy (non-hydrogen) atoms. The van der Waals surface area contributed by atoms with Gasteiger partial charge < -0.3 is 4.90 Å². The van der Waals surface area contributed by atoms with Gasteiger partial charge in [-0.25, -0.2) is 4.99 Å². The Hall–Kier alpha value is -3.98. The molecule has 0 bridgehead atoms. The summed E-state index contributed by atoms with van der Waals surface area (Å²) in [7, 11) is 0. The van der Waals surface area contributed by atoms with Crippen molar-refractivity contribution in [1.82, 2.24) is 0 Å². The number of nitrogens with zero attached hydrogens (tertiary/aromatic N) is 4. The number of aliphatic imine (C=N–C) groups is 1. The molecule has 0 amide bonds. The topological polar surface area (TPSA) is 82.5 Å². The van der Waals surface area contributed by atoms with Crippen LogP contribution in [0.4, 0.5) is 17.1 Å². The van der Waals surface area contributed by atoms with Crippen LogP contribution in [0, 0.1) is 21.4 Å². The van der Waals surface area contributed by atoms with Crippen LogP contribution < -0.4 is 4.90 Å². The highest BCUT2D eigenvalue weighted by atomic mass is 16.6. The highest BCUT2D eigenvalue weighted by Crippen LogP contribution is 2.28. The van der Waals surface area contributed by atoms with Crippen LogP contribution in [0.2, 0.25) is 0 Å². The first-order valence-electron chi connectivity index (χ1n) is 9.22. The molecule has 6 nitrogen and oxygen atoms in total. The van der Waals surface area contributed by atoms with Gasteiger partial charge in [-0.15, -0.1) is 0 Å². The average Bonchev–Trinajstić information content (AvgIpc) is 2.77. The quantitative estimate of drug-likeness (QED) is 0.317. The van der Waals surface area contributed by atoms with E-state index >= 15 is 0 Å². The predicted octanol–water partition coefficient (Wildman–Crippen LogP) is 5.24. The molecule has 6 heteroatoms. The Morgan fingerprint density at radius 3 is 2.45 bits per heavy atom. The summed E-state index contributed by atoms with van der Waals surface area (Å²) in [5, 5.41) is 20.1. The van der Waals surface area contributed by atoms with Crippen LogP contribution in [0.15, 0.2) is 77.8 Å². The largest absolute Gasteiger partial charge is 0.367 e. The minimum absolute atomic E-state index is 0.183. The van der Waals surface area contributed by atoms with Crippen molar-refractivity contribution in [2.24, 2.45) is 4.99 Å². The Labute approximate surface area is 169 Å². The monoisotopic (exact) mass is 384 g/mol. The van der Waals surface area contributed by atoms with Crippen LogP contribution in [-0.4, -0.2) is 17.7 Å². The fourth-order valence-electron chi connectivity index (χ4n) is 2.95. The lowest BCUT2D eigenvalue weighted by molar-refractivity contribution is -0.384. The van der Waals surface area contributed by atoms with Gasteiger partial charge in [0.2, 0.25) is 0 Å². The fourth-order valence-corrected chi connectivity index (χ4v) is 2.95. The van der Waals surface area contributed by atoms with Crippen LogP contribution in [0.1, 0.15) is 23.6 Å². The van der Waals surface area contributed by atoms with E-state index in [9.17, 15) is 10.1 Å². The SMILES string of the molecule is CCN(Cc1ccccc1)c1ccc(C=Nc2ccc(C#N)cc2[N+](=O)[O-])cc1. The number of anilines is 1. The van der Waals surface area contributed by atoms with Crippen molar-refractivity contribution in [3.63, 3.8) is 0 Å². The number of hydrogen-bond acceptors (Lipinski definition) is 5. The maximum Gasteiger partial charge on any atom is 0.296 e. The number of hydrogen-bond donors (Lipinski definition) is 0. The molecule has 0 aliphatic carbocycles. The van der Waals surface area contributed by atoms with E-state index in [4.69, 9.17) is 5.26 Å². The second-order valence-corrected chi connectivity index (χ2v) is 6.42. The first kappa shape index (κ1) is 19.8. The first-order valence-corrected chi connectivity index (χ1v) is 9.22. The van der Waals surface area contributed by atoms with Crippen molar-refractivity contribution in [2.45, 2.75) is 13.5 Å². The molecule has 0 saturated heterocycles. The highest BCUT2D eigenvalue weighted by molar-refractivity contribution is 5.84. The van der Waals surface area contributed by atoms with Crippen molar-refractivity contribution < 1.29 is 4.92 Å². The Morgan fingerprint density at radius 2 is 1.83 bits per heavy atom. The van der Waals surface area contributed by atoms with Gasteiger partial charge >= 0.3 is 0 Å². The molecule has 0 atom stereocenters. The van der Waals surface area contributed by atoms with Gasteiger partial charge in [0.15, 0.2) is 0 Å². The van der Waals surface area contributed by atoms with Crippen molar-refractivity contribution in [1.29, 1.82) is 5.26 Å². The summed E-state index contributed by atoms with van der Waals surface area (Å²) < 4.78 is 0. The first-order chi connectivity index (χ1) is 14.1. The molecule has 0 unspecified atom stereocenters. The average molecular weight is 384 g/mol. The molecule has 0 aromatic heterocycles. The summed E-state index contributed by atoms with van der Waals surface area (Å²) in [5.74, 6) is 0. The van der Waals surface area contributed by atoms with Crippen LogP contribution in [0.3, 0.4) is 0 Å². The Balaban J connectivity index is 1.77. The smallest absolute Gasteiger partial charge is 0.296 e. The zero-order valence-corrected chi connectivity index (χ0v) is 16.0. The standard InChI is InChI=1S/C23H20N4O2/c1-2-26(17-19-6-4-3-5-7-19)21-11-8-18(9-12-21)16-25-22-13-10-20(15-24)14-23(22)27(28)29/h3-14,16H,2,17H2,1H3. The Bertz CT molecular complexity index is 1050. The summed E-state index contributed by atoms with van der Waals surface area (Å²) in [6.45, 7) is 3.81. The van der Waals surface area contributed by atoms with E-state index in [1.165, 1.54) is 23.8 Å². The van der Waals surface area contributed by atoms with Gasteiger partial charge in [0.25, 0.3) is 5.69 Å². The third-order valence-electron chi connectivity index (χ3n) is 4.51. The van der Waals surface area contributed by atoms with Crippen molar-refractivity contribution in [3.8, 4) is 6.07 Å². The Morgan fingerprint density at radius 1 is 1.10 bits per heavy atom. The molecular weight excluding hydrogens is 364 g/mol. The van der Waals surface area contributed by atoms with Gasteiger partial charge in [0.05, 0.1) is 16.6 Å². The van der Waals surface area contributed by atoms with Crippen molar-refractivity contribution >= 4 is 23.3 Å². The third-order valence-corrected chi connectivity index (χ3v) is 4.51. The van der Waals surface area contributed by atoms with Gasteiger partial charge in [0, 0.05) is 31.1 Å². The number of nitro groups is 1. The van der Waals surface area contributed by atoms with Crippen LogP contribution in [-0.2, 0) is 6.54 Å². The van der Waals surface area contributed by atoms with E-state index in [0.29, 0.717) is 0 Å². The number of nitriles is 1. The predicted molar refractivity (Wildman–Crippen MR) is 115 cm³/mol. The van der Waals surface area contributed by atoms with Crippen molar-refractivity contribution in [2.75, 3.05) is 11.4 Å². The minimum Gasteiger partial charge on any atom is -0.367 e. The van der Waals surface area contributed by atoms with E-state index in [1.54, 1.807) is 6.21 Å². The lowest BCUT2D eigenvalue weighted by atomic mass is 10.1. The normalized spacial score (nSPS) is 10.6. The molecule has 3 aromatic rings. The highest BCUT2D eigenvalue weighted by Gasteiger charge is 2.13. The maximum atomic E-state index is 11.2. The van der Waals surface area contributed by atoms with E-state index in [1.807, 2.05) is 48.5 Å². The zero-order chi connectivity index (χ0) is 20.6. The third kappa shape index (κ3) is 5.05. The van der Waals surface area contributed by atoms with Gasteiger partial charge in [-0.3, -0.25) is 10.1 Å². The van der Waals surface area contributed by atoms with E-state index in [0.717, 1.165) is 24.3 Å². The van der Waals surface area contributed by atoms with Crippen LogP contribution in [0.25, 0.3) is 0 Å². The molecule has 0 spiro atoms. The van der Waals surface area contributed by atoms with Gasteiger partial charge in [0.1, 0.15) is 5.69 Å². The molecule has 3 rings (SSSR count). The molecule has 0 N–H and O–H groups in total. The van der Waals surface area contributed by atoms with E-state index in [-0.39, 0.29) is 16.9 Å². The molecule has 3 aromatic carbocycles. The number of benzene rings is 3. The number of rotatable bonds is 7. The molecular formula is C23H20N4O2. The maximum absolute atomic E-state index is 11.2. The van der Waals surface area contributed by atoms with Gasteiger partial charge in [-0.1, -0.05) is 42.5 Å². The molecule has 0 saturated carbocycles.